The standard InChI is InChI=1S/C16H18ClNO3S/c1-12-7-8-15(9-16(12)17)22(19,20)18-10-13-5-3-4-6-14(13)11-21-2/h3-9,18H,10-11H2,1-2H3. The molecule has 2 rings (SSSR count). The zero-order valence-electron chi connectivity index (χ0n) is 12.5. The summed E-state index contributed by atoms with van der Waals surface area (Å²) in [5.74, 6) is 0. The first kappa shape index (κ1) is 17.0. The number of rotatable bonds is 6. The Morgan fingerprint density at radius 3 is 2.45 bits per heavy atom. The zero-order valence-corrected chi connectivity index (χ0v) is 14.0. The van der Waals surface area contributed by atoms with E-state index in [1.54, 1.807) is 19.2 Å². The fraction of sp³-hybridized carbons (Fsp3) is 0.250. The van der Waals surface area contributed by atoms with Gasteiger partial charge in [0.1, 0.15) is 0 Å². The van der Waals surface area contributed by atoms with Crippen LogP contribution in [0.5, 0.6) is 0 Å². The molecular weight excluding hydrogens is 322 g/mol. The maximum Gasteiger partial charge on any atom is 0.240 e. The van der Waals surface area contributed by atoms with Crippen LogP contribution in [-0.4, -0.2) is 15.5 Å². The van der Waals surface area contributed by atoms with Crippen LogP contribution >= 0.6 is 11.6 Å². The van der Waals surface area contributed by atoms with Crippen LogP contribution < -0.4 is 4.72 Å². The van der Waals surface area contributed by atoms with Crippen LogP contribution in [0.25, 0.3) is 0 Å². The van der Waals surface area contributed by atoms with E-state index in [1.165, 1.54) is 6.07 Å². The van der Waals surface area contributed by atoms with E-state index in [0.717, 1.165) is 16.7 Å². The monoisotopic (exact) mass is 339 g/mol. The average molecular weight is 340 g/mol. The summed E-state index contributed by atoms with van der Waals surface area (Å²) in [5, 5.41) is 0.433. The lowest BCUT2D eigenvalue weighted by atomic mass is 10.1. The number of hydrogen-bond donors (Lipinski definition) is 1. The lowest BCUT2D eigenvalue weighted by Gasteiger charge is -2.11. The minimum absolute atomic E-state index is 0.160. The highest BCUT2D eigenvalue weighted by molar-refractivity contribution is 7.89. The summed E-state index contributed by atoms with van der Waals surface area (Å²) < 4.78 is 32.4. The Kier molecular flexibility index (Phi) is 5.58. The van der Waals surface area contributed by atoms with Crippen molar-refractivity contribution in [1.82, 2.24) is 4.72 Å². The highest BCUT2D eigenvalue weighted by Gasteiger charge is 2.15. The molecule has 0 heterocycles. The maximum atomic E-state index is 12.3. The number of benzene rings is 2. The molecule has 0 bridgehead atoms. The van der Waals surface area contributed by atoms with Crippen molar-refractivity contribution in [2.75, 3.05) is 7.11 Å². The van der Waals surface area contributed by atoms with Crippen molar-refractivity contribution >= 4 is 21.6 Å². The number of nitrogens with one attached hydrogen (secondary N) is 1. The molecular formula is C16H18ClNO3S. The molecule has 1 N–H and O–H groups in total. The molecule has 0 atom stereocenters. The second-order valence-corrected chi connectivity index (χ2v) is 7.11. The summed E-state index contributed by atoms with van der Waals surface area (Å²) in [5.41, 5.74) is 2.67. The molecule has 2 aromatic carbocycles. The first-order valence-corrected chi connectivity index (χ1v) is 8.61. The van der Waals surface area contributed by atoms with Crippen molar-refractivity contribution < 1.29 is 13.2 Å². The third kappa shape index (κ3) is 4.08. The normalized spacial score (nSPS) is 11.6. The van der Waals surface area contributed by atoms with Gasteiger partial charge in [-0.3, -0.25) is 0 Å². The molecule has 0 saturated carbocycles. The Bertz CT molecular complexity index is 760. The van der Waals surface area contributed by atoms with E-state index >= 15 is 0 Å². The van der Waals surface area contributed by atoms with E-state index in [0.29, 0.717) is 11.6 Å². The fourth-order valence-electron chi connectivity index (χ4n) is 2.02. The first-order valence-electron chi connectivity index (χ1n) is 6.75. The van der Waals surface area contributed by atoms with Gasteiger partial charge in [0.05, 0.1) is 11.5 Å². The summed E-state index contributed by atoms with van der Waals surface area (Å²) in [6, 6.07) is 12.2. The highest BCUT2D eigenvalue weighted by Crippen LogP contribution is 2.20. The molecule has 0 radical (unpaired) electrons. The third-order valence-corrected chi connectivity index (χ3v) is 5.13. The Balaban J connectivity index is 2.18. The van der Waals surface area contributed by atoms with Crippen molar-refractivity contribution in [2.24, 2.45) is 0 Å². The van der Waals surface area contributed by atoms with E-state index in [9.17, 15) is 8.42 Å². The molecule has 2 aromatic rings. The second-order valence-electron chi connectivity index (χ2n) is 4.94. The van der Waals surface area contributed by atoms with E-state index in [2.05, 4.69) is 4.72 Å². The molecule has 0 amide bonds. The summed E-state index contributed by atoms with van der Waals surface area (Å²) in [4.78, 5) is 0.160. The Hall–Kier alpha value is -1.40. The lowest BCUT2D eigenvalue weighted by Crippen LogP contribution is -2.24. The minimum Gasteiger partial charge on any atom is -0.380 e. The van der Waals surface area contributed by atoms with Crippen LogP contribution in [0, 0.1) is 6.92 Å². The van der Waals surface area contributed by atoms with Crippen molar-refractivity contribution in [3.63, 3.8) is 0 Å². The van der Waals surface area contributed by atoms with Crippen LogP contribution in [0.4, 0.5) is 0 Å². The topological polar surface area (TPSA) is 55.4 Å². The summed E-state index contributed by atoms with van der Waals surface area (Å²) in [6.45, 7) is 2.47. The van der Waals surface area contributed by atoms with Crippen LogP contribution in [0.15, 0.2) is 47.4 Å². The zero-order chi connectivity index (χ0) is 16.2. The third-order valence-electron chi connectivity index (χ3n) is 3.32. The Labute approximate surface area is 136 Å². The average Bonchev–Trinajstić information content (AvgIpc) is 2.49. The predicted octanol–water partition coefficient (Wildman–Crippen LogP) is 3.27. The molecule has 22 heavy (non-hydrogen) atoms. The smallest absolute Gasteiger partial charge is 0.240 e. The maximum absolute atomic E-state index is 12.3. The van der Waals surface area contributed by atoms with Crippen molar-refractivity contribution in [3.8, 4) is 0 Å². The molecule has 118 valence electrons. The summed E-state index contributed by atoms with van der Waals surface area (Å²) >= 11 is 5.99. The van der Waals surface area contributed by atoms with Crippen molar-refractivity contribution in [3.05, 3.63) is 64.2 Å². The number of methoxy groups -OCH3 is 1. The van der Waals surface area contributed by atoms with E-state index in [4.69, 9.17) is 16.3 Å². The van der Waals surface area contributed by atoms with Gasteiger partial charge in [-0.25, -0.2) is 13.1 Å². The van der Waals surface area contributed by atoms with Gasteiger partial charge in [0.2, 0.25) is 10.0 Å². The van der Waals surface area contributed by atoms with Crippen LogP contribution in [0.3, 0.4) is 0 Å². The predicted molar refractivity (Wildman–Crippen MR) is 87.4 cm³/mol. The Morgan fingerprint density at radius 2 is 1.82 bits per heavy atom. The van der Waals surface area contributed by atoms with Crippen molar-refractivity contribution in [2.45, 2.75) is 25.0 Å². The van der Waals surface area contributed by atoms with Gasteiger partial charge >= 0.3 is 0 Å². The second kappa shape index (κ2) is 7.24. The van der Waals surface area contributed by atoms with Gasteiger partial charge in [-0.2, -0.15) is 0 Å². The number of sulfonamides is 1. The molecule has 0 aliphatic rings. The molecule has 4 nitrogen and oxygen atoms in total. The molecule has 0 aliphatic carbocycles. The summed E-state index contributed by atoms with van der Waals surface area (Å²) in [6.07, 6.45) is 0. The van der Waals surface area contributed by atoms with Crippen LogP contribution in [0.1, 0.15) is 16.7 Å². The van der Waals surface area contributed by atoms with Crippen molar-refractivity contribution in [1.29, 1.82) is 0 Å². The Morgan fingerprint density at radius 1 is 1.14 bits per heavy atom. The molecule has 0 fully saturated rings. The van der Waals surface area contributed by atoms with Gasteiger partial charge < -0.3 is 4.74 Å². The van der Waals surface area contributed by atoms with Gasteiger partial charge in [0, 0.05) is 18.7 Å². The summed E-state index contributed by atoms with van der Waals surface area (Å²) in [7, 11) is -2.00. The van der Waals surface area contributed by atoms with E-state index in [-0.39, 0.29) is 11.4 Å². The molecule has 0 saturated heterocycles. The van der Waals surface area contributed by atoms with Gasteiger partial charge in [0.25, 0.3) is 0 Å². The number of hydrogen-bond acceptors (Lipinski definition) is 3. The highest BCUT2D eigenvalue weighted by atomic mass is 35.5. The number of halogens is 1. The van der Waals surface area contributed by atoms with Gasteiger partial charge in [-0.1, -0.05) is 41.9 Å². The fourth-order valence-corrected chi connectivity index (χ4v) is 3.30. The van der Waals surface area contributed by atoms with Crippen LogP contribution in [-0.2, 0) is 27.9 Å². The number of ether oxygens (including phenoxy) is 1. The largest absolute Gasteiger partial charge is 0.380 e. The van der Waals surface area contributed by atoms with Gasteiger partial charge in [-0.05, 0) is 35.7 Å². The number of aryl methyl sites for hydroxylation is 1. The molecule has 0 aromatic heterocycles. The minimum atomic E-state index is -3.60. The SMILES string of the molecule is COCc1ccccc1CNS(=O)(=O)c1ccc(C)c(Cl)c1. The van der Waals surface area contributed by atoms with Crippen LogP contribution in [0.2, 0.25) is 5.02 Å². The molecule has 0 unspecified atom stereocenters. The van der Waals surface area contributed by atoms with Gasteiger partial charge in [-0.15, -0.1) is 0 Å². The van der Waals surface area contributed by atoms with E-state index in [1.807, 2.05) is 31.2 Å². The molecule has 6 heteroatoms. The van der Waals surface area contributed by atoms with E-state index < -0.39 is 10.0 Å². The first-order chi connectivity index (χ1) is 10.4. The lowest BCUT2D eigenvalue weighted by molar-refractivity contribution is 0.184. The molecule has 0 spiro atoms. The quantitative estimate of drug-likeness (QED) is 0.878. The van der Waals surface area contributed by atoms with Gasteiger partial charge in [0.15, 0.2) is 0 Å². The molecule has 0 aliphatic heterocycles.